The highest BCUT2D eigenvalue weighted by Crippen LogP contribution is 2.29. The van der Waals surface area contributed by atoms with Gasteiger partial charge in [-0.1, -0.05) is 30.3 Å². The number of rotatable bonds is 1. The van der Waals surface area contributed by atoms with E-state index in [1.54, 1.807) is 4.09 Å². The van der Waals surface area contributed by atoms with E-state index in [0.717, 1.165) is 13.0 Å². The molecule has 3 heteroatoms. The zero-order chi connectivity index (χ0) is 8.39. The highest BCUT2D eigenvalue weighted by molar-refractivity contribution is 9.07. The standard InChI is InChI=1S/C9H10BrNO/c10-11-7-6-9(12-11)8-4-2-1-3-5-8/h1-5,9H,6-7H2/t9-/m1/s1. The van der Waals surface area contributed by atoms with Gasteiger partial charge in [-0.15, -0.1) is 4.09 Å². The van der Waals surface area contributed by atoms with E-state index < -0.39 is 0 Å². The van der Waals surface area contributed by atoms with Crippen LogP contribution in [-0.4, -0.2) is 10.6 Å². The van der Waals surface area contributed by atoms with E-state index in [4.69, 9.17) is 4.84 Å². The monoisotopic (exact) mass is 227 g/mol. The van der Waals surface area contributed by atoms with Crippen LogP contribution in [0.1, 0.15) is 18.1 Å². The van der Waals surface area contributed by atoms with Crippen LogP contribution in [0, 0.1) is 0 Å². The molecule has 1 atom stereocenters. The maximum Gasteiger partial charge on any atom is 0.107 e. The van der Waals surface area contributed by atoms with Crippen molar-refractivity contribution in [1.82, 2.24) is 4.09 Å². The first kappa shape index (κ1) is 8.23. The summed E-state index contributed by atoms with van der Waals surface area (Å²) in [6, 6.07) is 10.3. The van der Waals surface area contributed by atoms with E-state index in [2.05, 4.69) is 28.3 Å². The summed E-state index contributed by atoms with van der Waals surface area (Å²) in [6.45, 7) is 0.944. The average Bonchev–Trinajstić information content (AvgIpc) is 2.54. The van der Waals surface area contributed by atoms with Crippen molar-refractivity contribution in [2.75, 3.05) is 6.54 Å². The zero-order valence-electron chi connectivity index (χ0n) is 6.61. The average molecular weight is 228 g/mol. The van der Waals surface area contributed by atoms with Gasteiger partial charge >= 0.3 is 0 Å². The van der Waals surface area contributed by atoms with E-state index in [9.17, 15) is 0 Å². The van der Waals surface area contributed by atoms with E-state index in [1.165, 1.54) is 5.56 Å². The molecule has 0 aromatic heterocycles. The van der Waals surface area contributed by atoms with Gasteiger partial charge in [0.05, 0.1) is 0 Å². The molecule has 0 saturated carbocycles. The molecule has 0 bridgehead atoms. The lowest BCUT2D eigenvalue weighted by molar-refractivity contribution is -0.0610. The Morgan fingerprint density at radius 3 is 2.67 bits per heavy atom. The van der Waals surface area contributed by atoms with Crippen molar-refractivity contribution in [1.29, 1.82) is 0 Å². The Bertz CT molecular complexity index is 252. The largest absolute Gasteiger partial charge is 0.280 e. The van der Waals surface area contributed by atoms with Crippen molar-refractivity contribution in [3.05, 3.63) is 35.9 Å². The van der Waals surface area contributed by atoms with Gasteiger partial charge in [0.1, 0.15) is 6.10 Å². The molecule has 2 rings (SSSR count). The maximum absolute atomic E-state index is 5.50. The van der Waals surface area contributed by atoms with Gasteiger partial charge < -0.3 is 0 Å². The SMILES string of the molecule is BrN1CC[C@H](c2ccccc2)O1. The molecule has 1 aromatic rings. The molecule has 0 radical (unpaired) electrons. The lowest BCUT2D eigenvalue weighted by atomic mass is 10.1. The number of hydroxylamine groups is 1. The molecule has 64 valence electrons. The number of benzene rings is 1. The van der Waals surface area contributed by atoms with E-state index in [-0.39, 0.29) is 6.10 Å². The minimum atomic E-state index is 0.227. The molecule has 0 spiro atoms. The first-order valence-corrected chi connectivity index (χ1v) is 4.72. The van der Waals surface area contributed by atoms with Crippen LogP contribution in [0.25, 0.3) is 0 Å². The maximum atomic E-state index is 5.50. The molecule has 1 aliphatic rings. The van der Waals surface area contributed by atoms with Crippen LogP contribution in [0.4, 0.5) is 0 Å². The number of halogens is 1. The van der Waals surface area contributed by atoms with Crippen molar-refractivity contribution in [2.45, 2.75) is 12.5 Å². The summed E-state index contributed by atoms with van der Waals surface area (Å²) in [6.07, 6.45) is 1.28. The minimum Gasteiger partial charge on any atom is -0.280 e. The predicted molar refractivity (Wildman–Crippen MR) is 50.5 cm³/mol. The first-order valence-electron chi connectivity index (χ1n) is 4.01. The predicted octanol–water partition coefficient (Wildman–Crippen LogP) is 2.67. The highest BCUT2D eigenvalue weighted by atomic mass is 79.9. The van der Waals surface area contributed by atoms with Gasteiger partial charge in [0.2, 0.25) is 0 Å². The second-order valence-corrected chi connectivity index (χ2v) is 3.63. The Hall–Kier alpha value is -0.380. The van der Waals surface area contributed by atoms with E-state index >= 15 is 0 Å². The fraction of sp³-hybridized carbons (Fsp3) is 0.333. The van der Waals surface area contributed by atoms with Crippen LogP contribution in [-0.2, 0) is 4.84 Å². The molecule has 2 nitrogen and oxygen atoms in total. The van der Waals surface area contributed by atoms with Crippen LogP contribution >= 0.6 is 16.1 Å². The molecular formula is C9H10BrNO. The third-order valence-electron chi connectivity index (χ3n) is 1.98. The molecule has 1 aromatic carbocycles. The number of nitrogens with zero attached hydrogens (tertiary/aromatic N) is 1. The molecular weight excluding hydrogens is 218 g/mol. The van der Waals surface area contributed by atoms with E-state index in [0.29, 0.717) is 0 Å². The van der Waals surface area contributed by atoms with Gasteiger partial charge in [-0.05, 0) is 12.0 Å². The molecule has 0 amide bonds. The third kappa shape index (κ3) is 1.68. The Morgan fingerprint density at radius 2 is 2.08 bits per heavy atom. The fourth-order valence-electron chi connectivity index (χ4n) is 1.36. The Morgan fingerprint density at radius 1 is 1.33 bits per heavy atom. The normalized spacial score (nSPS) is 24.6. The molecule has 1 saturated heterocycles. The number of hydrogen-bond donors (Lipinski definition) is 0. The summed E-state index contributed by atoms with van der Waals surface area (Å²) in [5, 5.41) is 0. The van der Waals surface area contributed by atoms with Gasteiger partial charge in [-0.25, -0.2) is 0 Å². The fourth-order valence-corrected chi connectivity index (χ4v) is 1.76. The van der Waals surface area contributed by atoms with Crippen LogP contribution in [0.3, 0.4) is 0 Å². The van der Waals surface area contributed by atoms with Crippen LogP contribution in [0.2, 0.25) is 0 Å². The minimum absolute atomic E-state index is 0.227. The molecule has 12 heavy (non-hydrogen) atoms. The summed E-state index contributed by atoms with van der Waals surface area (Å²) in [5.74, 6) is 0. The summed E-state index contributed by atoms with van der Waals surface area (Å²) in [5.41, 5.74) is 1.25. The lowest BCUT2D eigenvalue weighted by Gasteiger charge is -2.09. The number of hydrogen-bond acceptors (Lipinski definition) is 2. The Kier molecular flexibility index (Phi) is 2.44. The Balaban J connectivity index is 2.11. The first-order chi connectivity index (χ1) is 5.86. The molecule has 0 unspecified atom stereocenters. The van der Waals surface area contributed by atoms with Crippen molar-refractivity contribution >= 4 is 16.1 Å². The van der Waals surface area contributed by atoms with Crippen molar-refractivity contribution in [3.63, 3.8) is 0 Å². The third-order valence-corrected chi connectivity index (χ3v) is 2.50. The van der Waals surface area contributed by atoms with Crippen molar-refractivity contribution in [3.8, 4) is 0 Å². The molecule has 1 aliphatic heterocycles. The molecule has 0 N–H and O–H groups in total. The van der Waals surface area contributed by atoms with Gasteiger partial charge in [0.25, 0.3) is 0 Å². The second kappa shape index (κ2) is 3.56. The molecule has 1 heterocycles. The molecule has 1 fully saturated rings. The van der Waals surface area contributed by atoms with Crippen LogP contribution in [0.5, 0.6) is 0 Å². The lowest BCUT2D eigenvalue weighted by Crippen LogP contribution is -2.02. The van der Waals surface area contributed by atoms with Gasteiger partial charge in [0.15, 0.2) is 0 Å². The van der Waals surface area contributed by atoms with E-state index in [1.807, 2.05) is 18.2 Å². The molecule has 0 aliphatic carbocycles. The topological polar surface area (TPSA) is 12.5 Å². The Labute approximate surface area is 80.4 Å². The van der Waals surface area contributed by atoms with Crippen molar-refractivity contribution < 1.29 is 4.84 Å². The summed E-state index contributed by atoms with van der Waals surface area (Å²) in [4.78, 5) is 5.50. The summed E-state index contributed by atoms with van der Waals surface area (Å²) < 4.78 is 1.71. The smallest absolute Gasteiger partial charge is 0.107 e. The van der Waals surface area contributed by atoms with Gasteiger partial charge in [-0.2, -0.15) is 0 Å². The van der Waals surface area contributed by atoms with Crippen LogP contribution < -0.4 is 0 Å². The quantitative estimate of drug-likeness (QED) is 0.685. The highest BCUT2D eigenvalue weighted by Gasteiger charge is 2.22. The second-order valence-electron chi connectivity index (χ2n) is 2.83. The van der Waals surface area contributed by atoms with Crippen LogP contribution in [0.15, 0.2) is 30.3 Å². The summed E-state index contributed by atoms with van der Waals surface area (Å²) >= 11 is 3.29. The van der Waals surface area contributed by atoms with Gasteiger partial charge in [-0.3, -0.25) is 4.84 Å². The summed E-state index contributed by atoms with van der Waals surface area (Å²) in [7, 11) is 0. The van der Waals surface area contributed by atoms with Gasteiger partial charge in [0, 0.05) is 22.7 Å². The zero-order valence-corrected chi connectivity index (χ0v) is 8.20. The van der Waals surface area contributed by atoms with Crippen molar-refractivity contribution in [2.24, 2.45) is 0 Å².